The van der Waals surface area contributed by atoms with Crippen LogP contribution in [0.4, 0.5) is 0 Å². The lowest BCUT2D eigenvalue weighted by molar-refractivity contribution is 0.482. The molecule has 0 aromatic heterocycles. The Morgan fingerprint density at radius 2 is 1.70 bits per heavy atom. The van der Waals surface area contributed by atoms with Gasteiger partial charge in [0.05, 0.1) is 11.0 Å². The SMILES string of the molecule is O=C=NS(=O)(=O)NCCCCS(=O)(=O)C1CCCCC1. The summed E-state index contributed by atoms with van der Waals surface area (Å²) in [6.07, 6.45) is 6.24. The maximum absolute atomic E-state index is 12.0. The molecule has 0 spiro atoms. The highest BCUT2D eigenvalue weighted by molar-refractivity contribution is 7.92. The number of unbranched alkanes of at least 4 members (excludes halogenated alkanes) is 1. The van der Waals surface area contributed by atoms with E-state index in [1.807, 2.05) is 0 Å². The van der Waals surface area contributed by atoms with Crippen LogP contribution in [0.25, 0.3) is 0 Å². The molecule has 9 heteroatoms. The molecule has 0 bridgehead atoms. The third kappa shape index (κ3) is 6.13. The van der Waals surface area contributed by atoms with Crippen molar-refractivity contribution >= 4 is 26.1 Å². The predicted molar refractivity (Wildman–Crippen MR) is 74.9 cm³/mol. The van der Waals surface area contributed by atoms with Gasteiger partial charge in [0.15, 0.2) is 9.84 Å². The van der Waals surface area contributed by atoms with Gasteiger partial charge in [-0.05, 0) is 25.7 Å². The molecule has 0 unspecified atom stereocenters. The van der Waals surface area contributed by atoms with E-state index in [1.165, 1.54) is 0 Å². The number of isocyanates is 1. The second-order valence-corrected chi connectivity index (χ2v) is 8.71. The Morgan fingerprint density at radius 1 is 1.05 bits per heavy atom. The van der Waals surface area contributed by atoms with Crippen molar-refractivity contribution < 1.29 is 21.6 Å². The van der Waals surface area contributed by atoms with Crippen LogP contribution in [-0.4, -0.2) is 40.5 Å². The molecule has 0 aromatic rings. The fourth-order valence-corrected chi connectivity index (χ4v) is 4.86. The Labute approximate surface area is 120 Å². The summed E-state index contributed by atoms with van der Waals surface area (Å²) in [6, 6.07) is 0. The molecule has 1 N–H and O–H groups in total. The van der Waals surface area contributed by atoms with Gasteiger partial charge in [0, 0.05) is 6.54 Å². The van der Waals surface area contributed by atoms with Crippen molar-refractivity contribution in [3.05, 3.63) is 0 Å². The van der Waals surface area contributed by atoms with Gasteiger partial charge >= 0.3 is 10.2 Å². The highest BCUT2D eigenvalue weighted by Gasteiger charge is 2.26. The fourth-order valence-electron chi connectivity index (χ4n) is 2.30. The van der Waals surface area contributed by atoms with Crippen molar-refractivity contribution in [2.45, 2.75) is 50.2 Å². The van der Waals surface area contributed by atoms with Crippen molar-refractivity contribution in [3.63, 3.8) is 0 Å². The second kappa shape index (κ2) is 7.87. The molecule has 0 amide bonds. The molecule has 1 aliphatic rings. The van der Waals surface area contributed by atoms with Crippen molar-refractivity contribution in [2.75, 3.05) is 12.3 Å². The smallest absolute Gasteiger partial charge is 0.229 e. The number of hydrogen-bond donors (Lipinski definition) is 1. The van der Waals surface area contributed by atoms with E-state index in [1.54, 1.807) is 0 Å². The Balaban J connectivity index is 2.28. The van der Waals surface area contributed by atoms with Gasteiger partial charge in [-0.3, -0.25) is 0 Å². The molecule has 116 valence electrons. The summed E-state index contributed by atoms with van der Waals surface area (Å²) in [4.78, 5) is 9.83. The van der Waals surface area contributed by atoms with E-state index in [0.29, 0.717) is 12.8 Å². The minimum absolute atomic E-state index is 0.0632. The molecular formula is C11H20N2O5S2. The van der Waals surface area contributed by atoms with E-state index in [-0.39, 0.29) is 17.5 Å². The lowest BCUT2D eigenvalue weighted by atomic mass is 10.0. The number of rotatable bonds is 8. The minimum atomic E-state index is -3.97. The lowest BCUT2D eigenvalue weighted by Gasteiger charge is -2.21. The quantitative estimate of drug-likeness (QED) is 0.401. The molecule has 0 radical (unpaired) electrons. The highest BCUT2D eigenvalue weighted by Crippen LogP contribution is 2.24. The van der Waals surface area contributed by atoms with Crippen molar-refractivity contribution in [1.29, 1.82) is 0 Å². The average molecular weight is 324 g/mol. The Kier molecular flexibility index (Phi) is 6.81. The summed E-state index contributed by atoms with van der Waals surface area (Å²) < 4.78 is 50.7. The van der Waals surface area contributed by atoms with Gasteiger partial charge in [-0.25, -0.2) is 13.2 Å². The van der Waals surface area contributed by atoms with E-state index in [4.69, 9.17) is 0 Å². The monoisotopic (exact) mass is 324 g/mol. The summed E-state index contributed by atoms with van der Waals surface area (Å²) in [5, 5.41) is -0.229. The van der Waals surface area contributed by atoms with Crippen LogP contribution in [0.5, 0.6) is 0 Å². The molecule has 0 aromatic carbocycles. The molecule has 0 saturated heterocycles. The molecule has 20 heavy (non-hydrogen) atoms. The van der Waals surface area contributed by atoms with Crippen LogP contribution in [-0.2, 0) is 24.8 Å². The first-order chi connectivity index (χ1) is 9.37. The molecule has 1 saturated carbocycles. The van der Waals surface area contributed by atoms with Crippen molar-refractivity contribution in [3.8, 4) is 0 Å². The number of carbonyl (C=O) groups excluding carboxylic acids is 1. The summed E-state index contributed by atoms with van der Waals surface area (Å²) in [7, 11) is -7.04. The summed E-state index contributed by atoms with van der Waals surface area (Å²) in [5.41, 5.74) is 0. The van der Waals surface area contributed by atoms with Gasteiger partial charge in [0.25, 0.3) is 6.08 Å². The maximum atomic E-state index is 12.0. The Morgan fingerprint density at radius 3 is 2.30 bits per heavy atom. The molecule has 0 aliphatic heterocycles. The lowest BCUT2D eigenvalue weighted by Crippen LogP contribution is -2.27. The minimum Gasteiger partial charge on any atom is -0.229 e. The number of nitrogens with zero attached hydrogens (tertiary/aromatic N) is 1. The molecule has 0 atom stereocenters. The first-order valence-electron chi connectivity index (χ1n) is 6.68. The van der Waals surface area contributed by atoms with E-state index < -0.39 is 20.0 Å². The Bertz CT molecular complexity index is 543. The molecule has 1 rings (SSSR count). The summed E-state index contributed by atoms with van der Waals surface area (Å²) in [5.74, 6) is 0.0797. The number of sulfone groups is 1. The fraction of sp³-hybridized carbons (Fsp3) is 0.909. The first-order valence-corrected chi connectivity index (χ1v) is 9.83. The standard InChI is InChI=1S/C11H20N2O5S2/c14-10-13-20(17,18)12-8-4-5-9-19(15,16)11-6-2-1-3-7-11/h11-12H,1-9H2. The summed E-state index contributed by atoms with van der Waals surface area (Å²) in [6.45, 7) is 0.0632. The van der Waals surface area contributed by atoms with E-state index in [9.17, 15) is 21.6 Å². The van der Waals surface area contributed by atoms with E-state index in [2.05, 4.69) is 9.12 Å². The zero-order chi connectivity index (χ0) is 15.1. The van der Waals surface area contributed by atoms with Gasteiger partial charge in [-0.1, -0.05) is 23.7 Å². The van der Waals surface area contributed by atoms with Crippen LogP contribution >= 0.6 is 0 Å². The van der Waals surface area contributed by atoms with E-state index >= 15 is 0 Å². The average Bonchev–Trinajstić information content (AvgIpc) is 2.39. The molecule has 1 fully saturated rings. The molecule has 0 heterocycles. The van der Waals surface area contributed by atoms with Crippen LogP contribution < -0.4 is 4.72 Å². The highest BCUT2D eigenvalue weighted by atomic mass is 32.2. The molecule has 7 nitrogen and oxygen atoms in total. The maximum Gasteiger partial charge on any atom is 0.330 e. The third-order valence-corrected chi connectivity index (χ3v) is 6.59. The zero-order valence-electron chi connectivity index (χ0n) is 11.2. The van der Waals surface area contributed by atoms with Gasteiger partial charge < -0.3 is 0 Å². The van der Waals surface area contributed by atoms with Crippen LogP contribution in [0.2, 0.25) is 0 Å². The van der Waals surface area contributed by atoms with Gasteiger partial charge in [-0.15, -0.1) is 0 Å². The second-order valence-electron chi connectivity index (χ2n) is 4.89. The predicted octanol–water partition coefficient (Wildman–Crippen LogP) is 0.684. The van der Waals surface area contributed by atoms with Crippen LogP contribution in [0.1, 0.15) is 44.9 Å². The van der Waals surface area contributed by atoms with Crippen LogP contribution in [0.3, 0.4) is 0 Å². The normalized spacial score (nSPS) is 17.6. The molecule has 1 aliphatic carbocycles. The van der Waals surface area contributed by atoms with Gasteiger partial charge in [0.2, 0.25) is 0 Å². The van der Waals surface area contributed by atoms with Gasteiger partial charge in [0.1, 0.15) is 0 Å². The number of hydrogen-bond acceptors (Lipinski definition) is 5. The largest absolute Gasteiger partial charge is 0.330 e. The van der Waals surface area contributed by atoms with Crippen molar-refractivity contribution in [2.24, 2.45) is 4.40 Å². The zero-order valence-corrected chi connectivity index (χ0v) is 12.9. The van der Waals surface area contributed by atoms with Crippen LogP contribution in [0, 0.1) is 0 Å². The van der Waals surface area contributed by atoms with Crippen LogP contribution in [0.15, 0.2) is 4.40 Å². The Hall–Kier alpha value is -0.760. The molecular weight excluding hydrogens is 304 g/mol. The number of nitrogens with one attached hydrogen (secondary N) is 1. The van der Waals surface area contributed by atoms with E-state index in [0.717, 1.165) is 38.2 Å². The first kappa shape index (κ1) is 17.3. The third-order valence-electron chi connectivity index (χ3n) is 3.36. The van der Waals surface area contributed by atoms with Crippen molar-refractivity contribution in [1.82, 2.24) is 4.72 Å². The van der Waals surface area contributed by atoms with Gasteiger partial charge in [-0.2, -0.15) is 13.1 Å². The topological polar surface area (TPSA) is 110 Å². The summed E-state index contributed by atoms with van der Waals surface area (Å²) >= 11 is 0.